The van der Waals surface area contributed by atoms with Crippen LogP contribution in [0.2, 0.25) is 5.02 Å². The van der Waals surface area contributed by atoms with Crippen molar-refractivity contribution >= 4 is 23.3 Å². The summed E-state index contributed by atoms with van der Waals surface area (Å²) in [6.07, 6.45) is 1.55. The van der Waals surface area contributed by atoms with Crippen LogP contribution in [-0.4, -0.2) is 25.1 Å². The Kier molecular flexibility index (Phi) is 4.42. The molecule has 0 saturated heterocycles. The monoisotopic (exact) mass is 292 g/mol. The number of ether oxygens (including phenoxy) is 2. The summed E-state index contributed by atoms with van der Waals surface area (Å²) < 4.78 is 10.3. The highest BCUT2D eigenvalue weighted by Gasteiger charge is 2.15. The molecule has 1 amide bonds. The van der Waals surface area contributed by atoms with E-state index in [1.54, 1.807) is 43.6 Å². The average Bonchev–Trinajstić information content (AvgIpc) is 2.48. The fourth-order valence-electron chi connectivity index (χ4n) is 1.64. The van der Waals surface area contributed by atoms with Gasteiger partial charge in [-0.1, -0.05) is 11.6 Å². The van der Waals surface area contributed by atoms with Gasteiger partial charge in [-0.05, 0) is 24.3 Å². The molecule has 5 nitrogen and oxygen atoms in total. The fraction of sp³-hybridized carbons (Fsp3) is 0.143. The lowest BCUT2D eigenvalue weighted by atomic mass is 10.1. The van der Waals surface area contributed by atoms with Gasteiger partial charge < -0.3 is 14.8 Å². The van der Waals surface area contributed by atoms with Gasteiger partial charge in [-0.2, -0.15) is 0 Å². The number of halogens is 1. The zero-order valence-corrected chi connectivity index (χ0v) is 11.8. The molecule has 0 saturated carbocycles. The number of pyridine rings is 1. The summed E-state index contributed by atoms with van der Waals surface area (Å²) in [5, 5.41) is 3.00. The SMILES string of the molecule is COc1ccc(C(=O)Nc2ncccc2Cl)c(OC)c1. The molecule has 0 aliphatic rings. The summed E-state index contributed by atoms with van der Waals surface area (Å²) in [6.45, 7) is 0. The van der Waals surface area contributed by atoms with E-state index in [-0.39, 0.29) is 5.91 Å². The second-order valence-electron chi connectivity index (χ2n) is 3.85. The number of carbonyl (C=O) groups excluding carboxylic acids is 1. The van der Waals surface area contributed by atoms with Crippen LogP contribution in [0.1, 0.15) is 10.4 Å². The summed E-state index contributed by atoms with van der Waals surface area (Å²) in [4.78, 5) is 16.2. The summed E-state index contributed by atoms with van der Waals surface area (Å²) in [5.41, 5.74) is 0.370. The van der Waals surface area contributed by atoms with Gasteiger partial charge in [0.1, 0.15) is 11.5 Å². The van der Waals surface area contributed by atoms with Crippen molar-refractivity contribution in [1.29, 1.82) is 0 Å². The third kappa shape index (κ3) is 3.00. The van der Waals surface area contributed by atoms with Crippen LogP contribution in [0.15, 0.2) is 36.5 Å². The number of hydrogen-bond acceptors (Lipinski definition) is 4. The molecule has 0 spiro atoms. The van der Waals surface area contributed by atoms with Crippen LogP contribution >= 0.6 is 11.6 Å². The number of benzene rings is 1. The lowest BCUT2D eigenvalue weighted by Gasteiger charge is -2.11. The first-order valence-electron chi connectivity index (χ1n) is 5.79. The molecule has 1 aromatic heterocycles. The number of rotatable bonds is 4. The Morgan fingerprint density at radius 3 is 2.70 bits per heavy atom. The van der Waals surface area contributed by atoms with E-state index in [0.29, 0.717) is 27.9 Å². The van der Waals surface area contributed by atoms with Gasteiger partial charge in [0.25, 0.3) is 5.91 Å². The summed E-state index contributed by atoms with van der Waals surface area (Å²) in [5.74, 6) is 0.963. The Bertz CT molecular complexity index is 632. The van der Waals surface area contributed by atoms with Gasteiger partial charge in [-0.15, -0.1) is 0 Å². The van der Waals surface area contributed by atoms with Crippen LogP contribution in [-0.2, 0) is 0 Å². The molecular formula is C14H13ClN2O3. The molecule has 0 unspecified atom stereocenters. The van der Waals surface area contributed by atoms with E-state index in [0.717, 1.165) is 0 Å². The second kappa shape index (κ2) is 6.25. The van der Waals surface area contributed by atoms with Crippen LogP contribution in [0.25, 0.3) is 0 Å². The first-order chi connectivity index (χ1) is 9.65. The molecule has 1 N–H and O–H groups in total. The highest BCUT2D eigenvalue weighted by atomic mass is 35.5. The Morgan fingerprint density at radius 2 is 2.05 bits per heavy atom. The maximum absolute atomic E-state index is 12.2. The van der Waals surface area contributed by atoms with Gasteiger partial charge >= 0.3 is 0 Å². The minimum Gasteiger partial charge on any atom is -0.497 e. The van der Waals surface area contributed by atoms with E-state index in [4.69, 9.17) is 21.1 Å². The summed E-state index contributed by atoms with van der Waals surface area (Å²) >= 11 is 5.95. The molecule has 20 heavy (non-hydrogen) atoms. The molecule has 6 heteroatoms. The third-order valence-electron chi connectivity index (χ3n) is 2.64. The van der Waals surface area contributed by atoms with Gasteiger partial charge in [-0.3, -0.25) is 4.79 Å². The lowest BCUT2D eigenvalue weighted by molar-refractivity contribution is 0.102. The molecule has 0 bridgehead atoms. The van der Waals surface area contributed by atoms with Crippen molar-refractivity contribution < 1.29 is 14.3 Å². The van der Waals surface area contributed by atoms with Gasteiger partial charge in [0, 0.05) is 12.3 Å². The molecular weight excluding hydrogens is 280 g/mol. The van der Waals surface area contributed by atoms with Crippen molar-refractivity contribution in [3.63, 3.8) is 0 Å². The first kappa shape index (κ1) is 14.1. The number of carbonyl (C=O) groups is 1. The predicted octanol–water partition coefficient (Wildman–Crippen LogP) is 3.00. The van der Waals surface area contributed by atoms with Crippen LogP contribution in [0.3, 0.4) is 0 Å². The van der Waals surface area contributed by atoms with Gasteiger partial charge in [0.05, 0.1) is 24.8 Å². The summed E-state index contributed by atoms with van der Waals surface area (Å²) in [7, 11) is 3.03. The lowest BCUT2D eigenvalue weighted by Crippen LogP contribution is -2.14. The first-order valence-corrected chi connectivity index (χ1v) is 6.17. The van der Waals surface area contributed by atoms with E-state index in [1.807, 2.05) is 0 Å². The fourth-order valence-corrected chi connectivity index (χ4v) is 1.81. The smallest absolute Gasteiger partial charge is 0.260 e. The quantitative estimate of drug-likeness (QED) is 0.941. The molecule has 1 heterocycles. The minimum atomic E-state index is -0.356. The number of nitrogens with zero attached hydrogens (tertiary/aromatic N) is 1. The average molecular weight is 293 g/mol. The zero-order valence-electron chi connectivity index (χ0n) is 11.0. The number of hydrogen-bond donors (Lipinski definition) is 1. The number of aromatic nitrogens is 1. The Labute approximate surface area is 121 Å². The van der Waals surface area contributed by atoms with Crippen molar-refractivity contribution in [1.82, 2.24) is 4.98 Å². The van der Waals surface area contributed by atoms with E-state index in [9.17, 15) is 4.79 Å². The molecule has 104 valence electrons. The standard InChI is InChI=1S/C14H13ClN2O3/c1-19-9-5-6-10(12(8-9)20-2)14(18)17-13-11(15)4-3-7-16-13/h3-8H,1-2H3,(H,16,17,18). The molecule has 1 aromatic carbocycles. The van der Waals surface area contributed by atoms with Crippen molar-refractivity contribution in [2.75, 3.05) is 19.5 Å². The van der Waals surface area contributed by atoms with Crippen LogP contribution in [0.5, 0.6) is 11.5 Å². The Balaban J connectivity index is 2.27. The van der Waals surface area contributed by atoms with Crippen molar-refractivity contribution in [2.45, 2.75) is 0 Å². The number of anilines is 1. The molecule has 2 rings (SSSR count). The Morgan fingerprint density at radius 1 is 1.25 bits per heavy atom. The molecule has 0 aliphatic heterocycles. The topological polar surface area (TPSA) is 60.5 Å². The van der Waals surface area contributed by atoms with Crippen molar-refractivity contribution in [3.05, 3.63) is 47.1 Å². The third-order valence-corrected chi connectivity index (χ3v) is 2.95. The van der Waals surface area contributed by atoms with Crippen LogP contribution in [0.4, 0.5) is 5.82 Å². The largest absolute Gasteiger partial charge is 0.497 e. The molecule has 2 aromatic rings. The second-order valence-corrected chi connectivity index (χ2v) is 4.26. The van der Waals surface area contributed by atoms with Gasteiger partial charge in [0.2, 0.25) is 0 Å². The molecule has 0 aliphatic carbocycles. The van der Waals surface area contributed by atoms with E-state index >= 15 is 0 Å². The van der Waals surface area contributed by atoms with Gasteiger partial charge in [-0.25, -0.2) is 4.98 Å². The number of amides is 1. The zero-order chi connectivity index (χ0) is 14.5. The number of methoxy groups -OCH3 is 2. The van der Waals surface area contributed by atoms with E-state index < -0.39 is 0 Å². The minimum absolute atomic E-state index is 0.303. The molecule has 0 fully saturated rings. The van der Waals surface area contributed by atoms with Crippen LogP contribution < -0.4 is 14.8 Å². The van der Waals surface area contributed by atoms with E-state index in [2.05, 4.69) is 10.3 Å². The van der Waals surface area contributed by atoms with Crippen molar-refractivity contribution in [2.24, 2.45) is 0 Å². The normalized spacial score (nSPS) is 9.95. The van der Waals surface area contributed by atoms with Crippen molar-refractivity contribution in [3.8, 4) is 11.5 Å². The summed E-state index contributed by atoms with van der Waals surface area (Å²) in [6, 6.07) is 8.26. The number of nitrogens with one attached hydrogen (secondary N) is 1. The predicted molar refractivity (Wildman–Crippen MR) is 76.7 cm³/mol. The highest BCUT2D eigenvalue weighted by molar-refractivity contribution is 6.33. The highest BCUT2D eigenvalue weighted by Crippen LogP contribution is 2.26. The Hall–Kier alpha value is -2.27. The maximum atomic E-state index is 12.2. The van der Waals surface area contributed by atoms with E-state index in [1.165, 1.54) is 7.11 Å². The molecule has 0 atom stereocenters. The van der Waals surface area contributed by atoms with Crippen LogP contribution in [0, 0.1) is 0 Å². The molecule has 0 radical (unpaired) electrons. The maximum Gasteiger partial charge on any atom is 0.260 e. The van der Waals surface area contributed by atoms with Gasteiger partial charge in [0.15, 0.2) is 5.82 Å².